The van der Waals surface area contributed by atoms with Crippen LogP contribution in [0.5, 0.6) is 11.5 Å². The van der Waals surface area contributed by atoms with Gasteiger partial charge in [-0.05, 0) is 6.07 Å². The first kappa shape index (κ1) is 13.6. The van der Waals surface area contributed by atoms with Crippen LogP contribution in [-0.4, -0.2) is 37.9 Å². The lowest BCUT2D eigenvalue weighted by atomic mass is 10.1. The van der Waals surface area contributed by atoms with E-state index in [2.05, 4.69) is 4.74 Å². The van der Waals surface area contributed by atoms with E-state index >= 15 is 0 Å². The maximum atomic E-state index is 11.6. The summed E-state index contributed by atoms with van der Waals surface area (Å²) in [5.41, 5.74) is 5.75. The lowest BCUT2D eigenvalue weighted by molar-refractivity contribution is -0.140. The Bertz CT molecular complexity index is 471. The normalized spacial score (nSPS) is 9.67. The molecule has 0 aromatic heterocycles. The molecule has 0 bridgehead atoms. The second kappa shape index (κ2) is 5.76. The van der Waals surface area contributed by atoms with Gasteiger partial charge in [0.05, 0.1) is 25.5 Å². The summed E-state index contributed by atoms with van der Waals surface area (Å²) in [6.45, 7) is -0.738. The predicted octanol–water partition coefficient (Wildman–Crippen LogP) is 0.527. The van der Waals surface area contributed by atoms with Crippen molar-refractivity contribution in [3.8, 4) is 11.5 Å². The van der Waals surface area contributed by atoms with E-state index in [9.17, 15) is 9.59 Å². The third kappa shape index (κ3) is 3.03. The number of carbonyl (C=O) groups is 2. The molecule has 0 unspecified atom stereocenters. The van der Waals surface area contributed by atoms with E-state index in [1.54, 1.807) is 0 Å². The summed E-state index contributed by atoms with van der Waals surface area (Å²) in [6, 6.07) is 2.85. The highest BCUT2D eigenvalue weighted by atomic mass is 16.5. The summed E-state index contributed by atoms with van der Waals surface area (Å²) >= 11 is 0. The molecule has 3 N–H and O–H groups in total. The van der Waals surface area contributed by atoms with Gasteiger partial charge in [0.2, 0.25) is 0 Å². The minimum atomic E-state index is -1.25. The number of carboxylic acid groups (broad SMARTS) is 1. The van der Waals surface area contributed by atoms with Crippen molar-refractivity contribution in [2.75, 3.05) is 26.6 Å². The average molecular weight is 255 g/mol. The number of rotatable bonds is 5. The number of hydrogen-bond donors (Lipinski definition) is 2. The van der Waals surface area contributed by atoms with Crippen molar-refractivity contribution in [2.24, 2.45) is 0 Å². The van der Waals surface area contributed by atoms with Crippen LogP contribution in [0.15, 0.2) is 12.1 Å². The summed E-state index contributed by atoms with van der Waals surface area (Å²) in [4.78, 5) is 21.9. The van der Waals surface area contributed by atoms with E-state index in [0.29, 0.717) is 5.75 Å². The number of ether oxygens (including phenoxy) is 3. The maximum absolute atomic E-state index is 11.6. The number of aliphatic carboxylic acids is 1. The highest BCUT2D eigenvalue weighted by Crippen LogP contribution is 2.31. The number of hydrogen-bond acceptors (Lipinski definition) is 6. The van der Waals surface area contributed by atoms with Crippen molar-refractivity contribution in [3.05, 3.63) is 17.7 Å². The second-order valence-corrected chi connectivity index (χ2v) is 3.26. The first-order chi connectivity index (χ1) is 8.49. The zero-order valence-electron chi connectivity index (χ0n) is 9.93. The van der Waals surface area contributed by atoms with Crippen LogP contribution >= 0.6 is 0 Å². The van der Waals surface area contributed by atoms with Gasteiger partial charge in [0.1, 0.15) is 11.5 Å². The lowest BCUT2D eigenvalue weighted by Gasteiger charge is -2.11. The Balaban J connectivity index is 3.06. The van der Waals surface area contributed by atoms with Crippen molar-refractivity contribution in [1.82, 2.24) is 0 Å². The number of benzene rings is 1. The zero-order valence-corrected chi connectivity index (χ0v) is 9.93. The average Bonchev–Trinajstić information content (AvgIpc) is 2.36. The van der Waals surface area contributed by atoms with Crippen LogP contribution in [0.4, 0.5) is 5.69 Å². The van der Waals surface area contributed by atoms with Gasteiger partial charge < -0.3 is 25.1 Å². The summed E-state index contributed by atoms with van der Waals surface area (Å²) < 4.78 is 14.5. The molecule has 0 aliphatic carbocycles. The summed E-state index contributed by atoms with van der Waals surface area (Å²) in [5, 5.41) is 8.42. The largest absolute Gasteiger partial charge is 0.497 e. The molecule has 1 rings (SSSR count). The monoisotopic (exact) mass is 255 g/mol. The number of esters is 1. The number of carbonyl (C=O) groups excluding carboxylic acids is 1. The molecule has 0 saturated carbocycles. The van der Waals surface area contributed by atoms with Gasteiger partial charge in [0.25, 0.3) is 0 Å². The van der Waals surface area contributed by atoms with Crippen LogP contribution < -0.4 is 15.2 Å². The number of nitrogen functional groups attached to an aromatic ring is 1. The summed E-state index contributed by atoms with van der Waals surface area (Å²) in [5.74, 6) is -1.51. The third-order valence-corrected chi connectivity index (χ3v) is 2.12. The molecular formula is C11H13NO6. The Morgan fingerprint density at radius 1 is 1.28 bits per heavy atom. The Kier molecular flexibility index (Phi) is 4.36. The number of anilines is 1. The van der Waals surface area contributed by atoms with E-state index in [0.717, 1.165) is 0 Å². The highest BCUT2D eigenvalue weighted by Gasteiger charge is 2.18. The molecule has 0 amide bonds. The van der Waals surface area contributed by atoms with Crippen molar-refractivity contribution >= 4 is 17.6 Å². The molecule has 0 aliphatic heterocycles. The second-order valence-electron chi connectivity index (χ2n) is 3.26. The van der Waals surface area contributed by atoms with Gasteiger partial charge >= 0.3 is 11.9 Å². The van der Waals surface area contributed by atoms with Crippen LogP contribution in [0.25, 0.3) is 0 Å². The zero-order chi connectivity index (χ0) is 13.7. The van der Waals surface area contributed by atoms with Crippen LogP contribution in [-0.2, 0) is 9.53 Å². The molecule has 7 nitrogen and oxygen atoms in total. The molecular weight excluding hydrogens is 242 g/mol. The van der Waals surface area contributed by atoms with Gasteiger partial charge in [-0.2, -0.15) is 0 Å². The van der Waals surface area contributed by atoms with Gasteiger partial charge in [0.15, 0.2) is 6.61 Å². The fourth-order valence-corrected chi connectivity index (χ4v) is 1.26. The van der Waals surface area contributed by atoms with Crippen molar-refractivity contribution in [2.45, 2.75) is 0 Å². The van der Waals surface area contributed by atoms with Crippen LogP contribution in [0.1, 0.15) is 10.4 Å². The predicted molar refractivity (Wildman–Crippen MR) is 61.9 cm³/mol. The van der Waals surface area contributed by atoms with Gasteiger partial charge in [-0.15, -0.1) is 0 Å². The molecule has 0 atom stereocenters. The molecule has 0 heterocycles. The van der Waals surface area contributed by atoms with Crippen molar-refractivity contribution in [1.29, 1.82) is 0 Å². The molecule has 0 spiro atoms. The number of nitrogens with two attached hydrogens (primary N) is 1. The fraction of sp³-hybridized carbons (Fsp3) is 0.273. The molecule has 7 heteroatoms. The van der Waals surface area contributed by atoms with Crippen molar-refractivity contribution in [3.63, 3.8) is 0 Å². The minimum Gasteiger partial charge on any atom is -0.497 e. The molecule has 98 valence electrons. The molecule has 0 saturated heterocycles. The highest BCUT2D eigenvalue weighted by molar-refractivity contribution is 5.97. The van der Waals surface area contributed by atoms with Gasteiger partial charge in [-0.25, -0.2) is 9.59 Å². The summed E-state index contributed by atoms with van der Waals surface area (Å²) in [6.07, 6.45) is 0. The number of carboxylic acids is 1. The Hall–Kier alpha value is -2.44. The van der Waals surface area contributed by atoms with Crippen LogP contribution in [0.2, 0.25) is 0 Å². The SMILES string of the molecule is COc1cc(OC)c(N)c(C(=O)OCC(=O)O)c1. The standard InChI is InChI=1S/C11H13NO6/c1-16-6-3-7(10(12)8(4-6)17-2)11(15)18-5-9(13)14/h3-4H,5,12H2,1-2H3,(H,13,14). The molecule has 0 aliphatic rings. The first-order valence-corrected chi connectivity index (χ1v) is 4.90. The molecule has 1 aromatic carbocycles. The Morgan fingerprint density at radius 3 is 2.44 bits per heavy atom. The molecule has 0 radical (unpaired) electrons. The van der Waals surface area contributed by atoms with Crippen LogP contribution in [0, 0.1) is 0 Å². The van der Waals surface area contributed by atoms with Gasteiger partial charge in [-0.3, -0.25) is 0 Å². The van der Waals surface area contributed by atoms with E-state index in [1.807, 2.05) is 0 Å². The molecule has 18 heavy (non-hydrogen) atoms. The first-order valence-electron chi connectivity index (χ1n) is 4.90. The van der Waals surface area contributed by atoms with Gasteiger partial charge in [-0.1, -0.05) is 0 Å². The Morgan fingerprint density at radius 2 is 1.94 bits per heavy atom. The van der Waals surface area contributed by atoms with Gasteiger partial charge in [0, 0.05) is 6.07 Å². The van der Waals surface area contributed by atoms with E-state index < -0.39 is 18.5 Å². The minimum absolute atomic E-state index is 0.00699. The third-order valence-electron chi connectivity index (χ3n) is 2.12. The van der Waals surface area contributed by atoms with Crippen LogP contribution in [0.3, 0.4) is 0 Å². The fourth-order valence-electron chi connectivity index (χ4n) is 1.26. The smallest absolute Gasteiger partial charge is 0.341 e. The number of methoxy groups -OCH3 is 2. The summed E-state index contributed by atoms with van der Waals surface area (Å²) in [7, 11) is 2.80. The van der Waals surface area contributed by atoms with E-state index in [1.165, 1.54) is 26.4 Å². The van der Waals surface area contributed by atoms with E-state index in [4.69, 9.17) is 20.3 Å². The molecule has 0 fully saturated rings. The maximum Gasteiger partial charge on any atom is 0.341 e. The van der Waals surface area contributed by atoms with Crippen molar-refractivity contribution < 1.29 is 28.9 Å². The quantitative estimate of drug-likeness (QED) is 0.583. The lowest BCUT2D eigenvalue weighted by Crippen LogP contribution is -2.15. The topological polar surface area (TPSA) is 108 Å². The van der Waals surface area contributed by atoms with E-state index in [-0.39, 0.29) is 17.0 Å². The Labute approximate surface area is 103 Å². The molecule has 1 aromatic rings.